The van der Waals surface area contributed by atoms with Crippen molar-refractivity contribution in [2.45, 2.75) is 25.5 Å². The molecular formula is C8H16O2S3. The molecule has 0 saturated heterocycles. The third kappa shape index (κ3) is 10.3. The zero-order valence-corrected chi connectivity index (χ0v) is 10.6. The lowest BCUT2D eigenvalue weighted by Crippen LogP contribution is -1.88. The van der Waals surface area contributed by atoms with E-state index < -0.39 is 11.1 Å². The molecule has 0 unspecified atom stereocenters. The highest BCUT2D eigenvalue weighted by atomic mass is 33.1. The summed E-state index contributed by atoms with van der Waals surface area (Å²) in [4.78, 5) is 0. The Bertz CT molecular complexity index is 171. The van der Waals surface area contributed by atoms with E-state index in [2.05, 4.69) is 13.8 Å². The number of hydrogen-bond acceptors (Lipinski definition) is 4. The molecule has 0 spiro atoms. The van der Waals surface area contributed by atoms with E-state index in [0.717, 1.165) is 5.75 Å². The van der Waals surface area contributed by atoms with Crippen molar-refractivity contribution >= 4 is 32.7 Å². The summed E-state index contributed by atoms with van der Waals surface area (Å²) in [5.74, 6) is 0.895. The van der Waals surface area contributed by atoms with Crippen LogP contribution in [0.15, 0.2) is 12.3 Å². The molecule has 2 atom stereocenters. The molecule has 0 radical (unpaired) electrons. The second-order valence-corrected chi connectivity index (χ2v) is 6.31. The summed E-state index contributed by atoms with van der Waals surface area (Å²) in [6, 6.07) is 0. The molecule has 0 saturated carbocycles. The summed E-state index contributed by atoms with van der Waals surface area (Å²) in [6.45, 7) is 4.39. The van der Waals surface area contributed by atoms with Crippen LogP contribution in [-0.2, 0) is 15.3 Å². The van der Waals surface area contributed by atoms with Gasteiger partial charge in [0, 0.05) is 17.3 Å². The minimum atomic E-state index is -1.18. The summed E-state index contributed by atoms with van der Waals surface area (Å²) in [5, 5.41) is 0.694. The van der Waals surface area contributed by atoms with Crippen molar-refractivity contribution in [3.8, 4) is 0 Å². The molecule has 0 bridgehead atoms. The Morgan fingerprint density at radius 1 is 1.62 bits per heavy atom. The van der Waals surface area contributed by atoms with E-state index in [9.17, 15) is 4.21 Å². The van der Waals surface area contributed by atoms with Crippen molar-refractivity contribution in [1.29, 1.82) is 0 Å². The molecule has 0 N–H and O–H groups in total. The maximum absolute atomic E-state index is 10.5. The van der Waals surface area contributed by atoms with E-state index in [1.54, 1.807) is 10.8 Å². The Morgan fingerprint density at radius 3 is 2.85 bits per heavy atom. The fourth-order valence-electron chi connectivity index (χ4n) is 0.420. The highest BCUT2D eigenvalue weighted by Gasteiger charge is 1.97. The molecule has 5 heteroatoms. The average molecular weight is 240 g/mol. The van der Waals surface area contributed by atoms with Crippen LogP contribution >= 0.6 is 21.6 Å². The SMILES string of the molecule is CC[C@@H](C)SSC/C=C/O[S@](C)=O. The van der Waals surface area contributed by atoms with Gasteiger partial charge < -0.3 is 4.18 Å². The van der Waals surface area contributed by atoms with Gasteiger partial charge in [-0.25, -0.2) is 4.21 Å². The van der Waals surface area contributed by atoms with Crippen molar-refractivity contribution in [3.63, 3.8) is 0 Å². The van der Waals surface area contributed by atoms with Gasteiger partial charge in [-0.2, -0.15) is 0 Å². The lowest BCUT2D eigenvalue weighted by Gasteiger charge is -2.04. The van der Waals surface area contributed by atoms with Gasteiger partial charge in [-0.05, 0) is 12.5 Å². The Kier molecular flexibility index (Phi) is 9.23. The van der Waals surface area contributed by atoms with Crippen molar-refractivity contribution in [3.05, 3.63) is 12.3 Å². The zero-order valence-electron chi connectivity index (χ0n) is 8.19. The van der Waals surface area contributed by atoms with Crippen molar-refractivity contribution in [1.82, 2.24) is 0 Å². The van der Waals surface area contributed by atoms with Crippen LogP contribution in [-0.4, -0.2) is 21.5 Å². The molecule has 0 aliphatic heterocycles. The maximum atomic E-state index is 10.5. The molecule has 0 aliphatic rings. The summed E-state index contributed by atoms with van der Waals surface area (Å²) in [7, 11) is 3.66. The van der Waals surface area contributed by atoms with Crippen molar-refractivity contribution < 1.29 is 8.39 Å². The maximum Gasteiger partial charge on any atom is 0.202 e. The minimum absolute atomic E-state index is 0.694. The molecule has 0 fully saturated rings. The fraction of sp³-hybridized carbons (Fsp3) is 0.750. The van der Waals surface area contributed by atoms with E-state index in [4.69, 9.17) is 4.18 Å². The van der Waals surface area contributed by atoms with Crippen LogP contribution in [0.3, 0.4) is 0 Å². The molecular weight excluding hydrogens is 224 g/mol. The highest BCUT2D eigenvalue weighted by Crippen LogP contribution is 2.27. The summed E-state index contributed by atoms with van der Waals surface area (Å²) >= 11 is -1.18. The standard InChI is InChI=1S/C8H16O2S3/c1-4-8(2)12-11-7-5-6-10-13(3)9/h5-6,8H,4,7H2,1-3H3/b6-5+/t8-,13-/m1/s1. The summed E-state index contributed by atoms with van der Waals surface area (Å²) in [6.07, 6.45) is 6.07. The lowest BCUT2D eigenvalue weighted by atomic mass is 10.4. The van der Waals surface area contributed by atoms with E-state index in [1.807, 2.05) is 16.9 Å². The highest BCUT2D eigenvalue weighted by molar-refractivity contribution is 8.77. The van der Waals surface area contributed by atoms with E-state index in [1.165, 1.54) is 18.9 Å². The van der Waals surface area contributed by atoms with Crippen molar-refractivity contribution in [2.24, 2.45) is 0 Å². The normalized spacial score (nSPS) is 15.9. The first-order valence-electron chi connectivity index (χ1n) is 4.10. The first kappa shape index (κ1) is 13.4. The van der Waals surface area contributed by atoms with Gasteiger partial charge in [-0.1, -0.05) is 35.4 Å². The third-order valence-electron chi connectivity index (χ3n) is 1.26. The van der Waals surface area contributed by atoms with Gasteiger partial charge in [0.05, 0.1) is 0 Å². The summed E-state index contributed by atoms with van der Waals surface area (Å²) < 4.78 is 15.2. The topological polar surface area (TPSA) is 26.3 Å². The van der Waals surface area contributed by atoms with E-state index in [0.29, 0.717) is 5.25 Å². The van der Waals surface area contributed by atoms with Crippen LogP contribution in [0.1, 0.15) is 20.3 Å². The predicted molar refractivity (Wildman–Crippen MR) is 64.1 cm³/mol. The van der Waals surface area contributed by atoms with E-state index >= 15 is 0 Å². The largest absolute Gasteiger partial charge is 0.409 e. The Morgan fingerprint density at radius 2 is 2.31 bits per heavy atom. The van der Waals surface area contributed by atoms with Gasteiger partial charge in [0.15, 0.2) is 0 Å². The first-order chi connectivity index (χ1) is 6.16. The van der Waals surface area contributed by atoms with Crippen LogP contribution in [0, 0.1) is 0 Å². The zero-order chi connectivity index (χ0) is 10.1. The van der Waals surface area contributed by atoms with Gasteiger partial charge >= 0.3 is 0 Å². The second-order valence-electron chi connectivity index (χ2n) is 2.47. The molecule has 78 valence electrons. The third-order valence-corrected chi connectivity index (χ3v) is 4.57. The summed E-state index contributed by atoms with van der Waals surface area (Å²) in [5.41, 5.74) is 0. The molecule has 13 heavy (non-hydrogen) atoms. The van der Waals surface area contributed by atoms with Gasteiger partial charge in [0.25, 0.3) is 0 Å². The molecule has 2 nitrogen and oxygen atoms in total. The van der Waals surface area contributed by atoms with Gasteiger partial charge in [0.2, 0.25) is 11.1 Å². The monoisotopic (exact) mass is 240 g/mol. The quantitative estimate of drug-likeness (QED) is 0.388. The second kappa shape index (κ2) is 8.97. The molecule has 0 aromatic rings. The molecule has 0 amide bonds. The smallest absolute Gasteiger partial charge is 0.202 e. The lowest BCUT2D eigenvalue weighted by molar-refractivity contribution is 0.510. The Hall–Kier alpha value is 0.390. The molecule has 0 rings (SSSR count). The average Bonchev–Trinajstić information content (AvgIpc) is 2.10. The van der Waals surface area contributed by atoms with Gasteiger partial charge in [-0.15, -0.1) is 0 Å². The predicted octanol–water partition coefficient (Wildman–Crippen LogP) is 2.99. The minimum Gasteiger partial charge on any atom is -0.409 e. The van der Waals surface area contributed by atoms with Crippen LogP contribution in [0.5, 0.6) is 0 Å². The van der Waals surface area contributed by atoms with Crippen LogP contribution < -0.4 is 0 Å². The molecule has 0 aromatic carbocycles. The molecule has 0 aliphatic carbocycles. The van der Waals surface area contributed by atoms with Crippen LogP contribution in [0.2, 0.25) is 0 Å². The Labute approximate surface area is 90.9 Å². The van der Waals surface area contributed by atoms with Gasteiger partial charge in [-0.3, -0.25) is 0 Å². The van der Waals surface area contributed by atoms with Crippen molar-refractivity contribution in [2.75, 3.05) is 12.0 Å². The van der Waals surface area contributed by atoms with Crippen LogP contribution in [0.4, 0.5) is 0 Å². The van der Waals surface area contributed by atoms with E-state index in [-0.39, 0.29) is 0 Å². The van der Waals surface area contributed by atoms with Crippen LogP contribution in [0.25, 0.3) is 0 Å². The number of rotatable bonds is 7. The number of hydrogen-bond donors (Lipinski definition) is 0. The molecule has 0 aromatic heterocycles. The first-order valence-corrected chi connectivity index (χ1v) is 7.97. The molecule has 0 heterocycles. The Balaban J connectivity index is 3.25. The fourth-order valence-corrected chi connectivity index (χ4v) is 2.84. The van der Waals surface area contributed by atoms with Gasteiger partial charge in [0.1, 0.15) is 6.26 Å².